The largest absolute Gasteiger partial charge is 0.350 e. The SMILES string of the molecule is Cc1ccc([C@H]2C=C(c3ccccc3)N(CC(=O)NCc3cccnc3)c3nnnn32)cc1. The predicted molar refractivity (Wildman–Crippen MR) is 125 cm³/mol. The number of hydrogen-bond donors (Lipinski definition) is 1. The van der Waals surface area contributed by atoms with Crippen molar-refractivity contribution in [3.8, 4) is 0 Å². The molecule has 4 aromatic rings. The summed E-state index contributed by atoms with van der Waals surface area (Å²) in [6, 6.07) is 21.9. The quantitative estimate of drug-likeness (QED) is 0.499. The number of rotatable bonds is 6. The Hall–Kier alpha value is -4.33. The normalized spacial score (nSPS) is 15.0. The van der Waals surface area contributed by atoms with Crippen molar-refractivity contribution in [3.05, 3.63) is 107 Å². The third-order valence-electron chi connectivity index (χ3n) is 5.59. The van der Waals surface area contributed by atoms with Crippen molar-refractivity contribution in [2.24, 2.45) is 0 Å². The molecule has 0 aliphatic carbocycles. The molecule has 0 radical (unpaired) electrons. The van der Waals surface area contributed by atoms with Gasteiger partial charge in [-0.25, -0.2) is 0 Å². The molecule has 0 fully saturated rings. The Morgan fingerprint density at radius 3 is 2.61 bits per heavy atom. The van der Waals surface area contributed by atoms with Crippen LogP contribution in [-0.2, 0) is 11.3 Å². The van der Waals surface area contributed by atoms with Crippen molar-refractivity contribution in [1.29, 1.82) is 0 Å². The lowest BCUT2D eigenvalue weighted by atomic mass is 10.00. The van der Waals surface area contributed by atoms with Crippen molar-refractivity contribution in [3.63, 3.8) is 0 Å². The number of amides is 1. The van der Waals surface area contributed by atoms with Crippen LogP contribution < -0.4 is 10.2 Å². The maximum Gasteiger partial charge on any atom is 0.251 e. The van der Waals surface area contributed by atoms with E-state index in [-0.39, 0.29) is 18.5 Å². The van der Waals surface area contributed by atoms with E-state index in [0.29, 0.717) is 12.5 Å². The van der Waals surface area contributed by atoms with E-state index in [1.165, 1.54) is 5.56 Å². The second-order valence-corrected chi connectivity index (χ2v) is 7.92. The third-order valence-corrected chi connectivity index (χ3v) is 5.59. The van der Waals surface area contributed by atoms with Crippen LogP contribution in [0.1, 0.15) is 28.3 Å². The minimum absolute atomic E-state index is 0.0853. The highest BCUT2D eigenvalue weighted by Crippen LogP contribution is 2.36. The van der Waals surface area contributed by atoms with Gasteiger partial charge in [0.1, 0.15) is 12.6 Å². The van der Waals surface area contributed by atoms with Gasteiger partial charge >= 0.3 is 0 Å². The van der Waals surface area contributed by atoms with Crippen LogP contribution in [-0.4, -0.2) is 37.6 Å². The first-order valence-corrected chi connectivity index (χ1v) is 10.7. The van der Waals surface area contributed by atoms with E-state index in [2.05, 4.69) is 63.1 Å². The first kappa shape index (κ1) is 20.6. The predicted octanol–water partition coefficient (Wildman–Crippen LogP) is 3.14. The summed E-state index contributed by atoms with van der Waals surface area (Å²) in [5, 5.41) is 15.4. The molecule has 164 valence electrons. The van der Waals surface area contributed by atoms with E-state index in [9.17, 15) is 4.79 Å². The van der Waals surface area contributed by atoms with E-state index < -0.39 is 0 Å². The number of fused-ring (bicyclic) bond motifs is 1. The van der Waals surface area contributed by atoms with Crippen LogP contribution in [0.25, 0.3) is 5.70 Å². The number of nitrogens with zero attached hydrogens (tertiary/aromatic N) is 6. The number of carbonyl (C=O) groups is 1. The summed E-state index contributed by atoms with van der Waals surface area (Å²) in [6.45, 7) is 2.55. The summed E-state index contributed by atoms with van der Waals surface area (Å²) in [4.78, 5) is 18.9. The minimum atomic E-state index is -0.180. The number of aromatic nitrogens is 5. The Bertz CT molecular complexity index is 1270. The molecule has 0 bridgehead atoms. The van der Waals surface area contributed by atoms with Gasteiger partial charge < -0.3 is 5.32 Å². The number of anilines is 1. The summed E-state index contributed by atoms with van der Waals surface area (Å²) in [7, 11) is 0. The minimum Gasteiger partial charge on any atom is -0.350 e. The fraction of sp³-hybridized carbons (Fsp3) is 0.160. The topological polar surface area (TPSA) is 88.8 Å². The van der Waals surface area contributed by atoms with Crippen LogP contribution in [0.15, 0.2) is 85.2 Å². The monoisotopic (exact) mass is 437 g/mol. The van der Waals surface area contributed by atoms with Crippen LogP contribution in [0.3, 0.4) is 0 Å². The first-order chi connectivity index (χ1) is 16.2. The first-order valence-electron chi connectivity index (χ1n) is 10.7. The number of benzene rings is 2. The summed E-state index contributed by atoms with van der Waals surface area (Å²) in [5.74, 6) is 0.391. The number of tetrazole rings is 1. The van der Waals surface area contributed by atoms with E-state index in [1.54, 1.807) is 17.1 Å². The van der Waals surface area contributed by atoms with E-state index in [4.69, 9.17) is 0 Å². The molecule has 0 saturated carbocycles. The molecule has 1 amide bonds. The van der Waals surface area contributed by atoms with Gasteiger partial charge in [0, 0.05) is 18.9 Å². The van der Waals surface area contributed by atoms with Crippen LogP contribution in [0.4, 0.5) is 5.95 Å². The fourth-order valence-corrected chi connectivity index (χ4v) is 3.89. The van der Waals surface area contributed by atoms with Crippen LogP contribution in [0, 0.1) is 6.92 Å². The lowest BCUT2D eigenvalue weighted by molar-refractivity contribution is -0.119. The average molecular weight is 438 g/mol. The molecule has 2 aromatic carbocycles. The van der Waals surface area contributed by atoms with E-state index >= 15 is 0 Å². The molecule has 0 unspecified atom stereocenters. The molecule has 8 nitrogen and oxygen atoms in total. The average Bonchev–Trinajstić information content (AvgIpc) is 3.35. The summed E-state index contributed by atoms with van der Waals surface area (Å²) in [6.07, 6.45) is 5.56. The van der Waals surface area contributed by atoms with Crippen molar-refractivity contribution < 1.29 is 4.79 Å². The molecule has 33 heavy (non-hydrogen) atoms. The van der Waals surface area contributed by atoms with E-state index in [0.717, 1.165) is 22.4 Å². The van der Waals surface area contributed by atoms with Gasteiger partial charge in [0.05, 0.1) is 5.70 Å². The zero-order valence-electron chi connectivity index (χ0n) is 18.2. The molecular formula is C25H23N7O. The van der Waals surface area contributed by atoms with E-state index in [1.807, 2.05) is 47.4 Å². The summed E-state index contributed by atoms with van der Waals surface area (Å²) >= 11 is 0. The van der Waals surface area contributed by atoms with Crippen molar-refractivity contribution in [2.45, 2.75) is 19.5 Å². The van der Waals surface area contributed by atoms with Gasteiger partial charge in [-0.3, -0.25) is 14.7 Å². The number of carbonyl (C=O) groups excluding carboxylic acids is 1. The number of pyridine rings is 1. The van der Waals surface area contributed by atoms with Crippen molar-refractivity contribution >= 4 is 17.6 Å². The van der Waals surface area contributed by atoms with Crippen molar-refractivity contribution in [1.82, 2.24) is 30.5 Å². The number of allylic oxidation sites excluding steroid dienone is 1. The molecule has 8 heteroatoms. The molecule has 1 aliphatic heterocycles. The maximum atomic E-state index is 12.9. The van der Waals surface area contributed by atoms with Crippen LogP contribution in [0.5, 0.6) is 0 Å². The zero-order valence-corrected chi connectivity index (χ0v) is 18.2. The molecule has 1 aliphatic rings. The van der Waals surface area contributed by atoms with Crippen LogP contribution >= 0.6 is 0 Å². The number of hydrogen-bond acceptors (Lipinski definition) is 6. The standard InChI is InChI=1S/C25H23N7O/c1-18-9-11-21(12-10-18)23-14-22(20-7-3-2-4-8-20)31(25-28-29-30-32(23)25)17-24(33)27-16-19-6-5-13-26-15-19/h2-15,23H,16-17H2,1H3,(H,27,33)/t23-/m1/s1. The lowest BCUT2D eigenvalue weighted by Gasteiger charge is -2.32. The second kappa shape index (κ2) is 9.04. The Labute approximate surface area is 191 Å². The molecule has 3 heterocycles. The van der Waals surface area contributed by atoms with Gasteiger partial charge in [-0.1, -0.05) is 71.3 Å². The summed E-state index contributed by atoms with van der Waals surface area (Å²) in [5.41, 5.74) is 5.07. The zero-order chi connectivity index (χ0) is 22.6. The van der Waals surface area contributed by atoms with Gasteiger partial charge in [0.2, 0.25) is 5.91 Å². The van der Waals surface area contributed by atoms with Gasteiger partial charge in [0.25, 0.3) is 5.95 Å². The molecule has 5 rings (SSSR count). The lowest BCUT2D eigenvalue weighted by Crippen LogP contribution is -2.39. The summed E-state index contributed by atoms with van der Waals surface area (Å²) < 4.78 is 1.76. The molecule has 2 aromatic heterocycles. The Morgan fingerprint density at radius 2 is 1.85 bits per heavy atom. The second-order valence-electron chi connectivity index (χ2n) is 7.92. The fourth-order valence-electron chi connectivity index (χ4n) is 3.89. The van der Waals surface area contributed by atoms with Crippen molar-refractivity contribution in [2.75, 3.05) is 11.4 Å². The van der Waals surface area contributed by atoms with Gasteiger partial charge in [-0.05, 0) is 46.2 Å². The molecule has 1 atom stereocenters. The Balaban J connectivity index is 1.47. The smallest absolute Gasteiger partial charge is 0.251 e. The maximum absolute atomic E-state index is 12.9. The molecule has 1 N–H and O–H groups in total. The van der Waals surface area contributed by atoms with Crippen LogP contribution in [0.2, 0.25) is 0 Å². The highest BCUT2D eigenvalue weighted by Gasteiger charge is 2.31. The van der Waals surface area contributed by atoms with Gasteiger partial charge in [0.15, 0.2) is 0 Å². The molecular weight excluding hydrogens is 414 g/mol. The highest BCUT2D eigenvalue weighted by molar-refractivity contribution is 5.89. The number of nitrogens with one attached hydrogen (secondary N) is 1. The van der Waals surface area contributed by atoms with Gasteiger partial charge in [-0.2, -0.15) is 4.68 Å². The molecule has 0 saturated heterocycles. The highest BCUT2D eigenvalue weighted by atomic mass is 16.2. The number of aryl methyl sites for hydroxylation is 1. The Morgan fingerprint density at radius 1 is 1.03 bits per heavy atom. The molecule has 0 spiro atoms. The van der Waals surface area contributed by atoms with Gasteiger partial charge in [-0.15, -0.1) is 0 Å². The third kappa shape index (κ3) is 4.36. The Kier molecular flexibility index (Phi) is 5.63.